The molecular formula is C17H24N4O2. The van der Waals surface area contributed by atoms with E-state index in [9.17, 15) is 9.90 Å². The number of imidazole rings is 1. The smallest absolute Gasteiger partial charge is 0.251 e. The zero-order chi connectivity index (χ0) is 16.8. The Balaban J connectivity index is 1.99. The molecule has 1 amide bonds. The molecule has 1 heterocycles. The van der Waals surface area contributed by atoms with E-state index in [4.69, 9.17) is 0 Å². The van der Waals surface area contributed by atoms with Crippen molar-refractivity contribution in [2.24, 2.45) is 5.92 Å². The highest BCUT2D eigenvalue weighted by Gasteiger charge is 2.22. The van der Waals surface area contributed by atoms with Crippen LogP contribution in [0.1, 0.15) is 37.6 Å². The second-order valence-electron chi connectivity index (χ2n) is 5.88. The summed E-state index contributed by atoms with van der Waals surface area (Å²) in [6.07, 6.45) is 5.26. The van der Waals surface area contributed by atoms with Gasteiger partial charge in [0.15, 0.2) is 0 Å². The number of aromatic nitrogens is 2. The van der Waals surface area contributed by atoms with Gasteiger partial charge in [-0.1, -0.05) is 20.8 Å². The van der Waals surface area contributed by atoms with Gasteiger partial charge in [-0.15, -0.1) is 0 Å². The number of amides is 1. The van der Waals surface area contributed by atoms with Crippen LogP contribution in [0.25, 0.3) is 0 Å². The standard InChI is InChI=1S/C17H24N4O2/c1-4-15(16(22)12(2)3)19-17(23)13-5-7-14(8-6-13)20-21-10-9-18-11-21/h5-12,15-16,20,22H,4H2,1-3H3,(H,19,23). The highest BCUT2D eigenvalue weighted by Crippen LogP contribution is 2.13. The van der Waals surface area contributed by atoms with Crippen LogP contribution < -0.4 is 10.7 Å². The Bertz CT molecular complexity index is 608. The largest absolute Gasteiger partial charge is 0.391 e. The molecule has 0 aliphatic rings. The molecule has 0 spiro atoms. The maximum Gasteiger partial charge on any atom is 0.251 e. The van der Waals surface area contributed by atoms with Gasteiger partial charge < -0.3 is 10.4 Å². The van der Waals surface area contributed by atoms with Crippen molar-refractivity contribution in [3.8, 4) is 0 Å². The number of rotatable bonds is 7. The van der Waals surface area contributed by atoms with Gasteiger partial charge in [0.1, 0.15) is 6.33 Å². The lowest BCUT2D eigenvalue weighted by Crippen LogP contribution is -2.45. The number of carbonyl (C=O) groups excluding carboxylic acids is 1. The summed E-state index contributed by atoms with van der Waals surface area (Å²) >= 11 is 0. The van der Waals surface area contributed by atoms with E-state index in [2.05, 4.69) is 15.7 Å². The predicted molar refractivity (Wildman–Crippen MR) is 90.1 cm³/mol. The first-order chi connectivity index (χ1) is 11.0. The number of nitrogens with one attached hydrogen (secondary N) is 2. The molecule has 2 atom stereocenters. The van der Waals surface area contributed by atoms with Crippen molar-refractivity contribution in [1.29, 1.82) is 0 Å². The molecule has 6 nitrogen and oxygen atoms in total. The number of aliphatic hydroxyl groups is 1. The Hall–Kier alpha value is -2.34. The predicted octanol–water partition coefficient (Wildman–Crippen LogP) is 2.28. The Kier molecular flexibility index (Phi) is 5.76. The minimum Gasteiger partial charge on any atom is -0.391 e. The van der Waals surface area contributed by atoms with Gasteiger partial charge in [-0.3, -0.25) is 14.9 Å². The third-order valence-electron chi connectivity index (χ3n) is 3.76. The molecule has 6 heteroatoms. The number of anilines is 1. The highest BCUT2D eigenvalue weighted by atomic mass is 16.3. The summed E-state index contributed by atoms with van der Waals surface area (Å²) in [6, 6.07) is 6.92. The van der Waals surface area contributed by atoms with Gasteiger partial charge in [0, 0.05) is 18.0 Å². The molecule has 1 aromatic carbocycles. The average Bonchev–Trinajstić information content (AvgIpc) is 3.05. The Labute approximate surface area is 136 Å². The summed E-state index contributed by atoms with van der Waals surface area (Å²) in [4.78, 5) is 16.3. The van der Waals surface area contributed by atoms with Crippen LogP contribution >= 0.6 is 0 Å². The molecule has 2 aromatic rings. The van der Waals surface area contributed by atoms with Crippen LogP contribution in [0.15, 0.2) is 43.0 Å². The molecule has 2 unspecified atom stereocenters. The molecule has 3 N–H and O–H groups in total. The quantitative estimate of drug-likeness (QED) is 0.732. The van der Waals surface area contributed by atoms with Gasteiger partial charge in [0.05, 0.1) is 17.8 Å². The molecule has 2 rings (SSSR count). The van der Waals surface area contributed by atoms with Crippen LogP contribution in [0.3, 0.4) is 0 Å². The molecule has 0 aliphatic heterocycles. The topological polar surface area (TPSA) is 79.2 Å². The molecule has 0 saturated heterocycles. The van der Waals surface area contributed by atoms with E-state index in [1.807, 2.05) is 32.9 Å². The fourth-order valence-corrected chi connectivity index (χ4v) is 2.32. The zero-order valence-electron chi connectivity index (χ0n) is 13.7. The maximum atomic E-state index is 12.3. The van der Waals surface area contributed by atoms with Gasteiger partial charge >= 0.3 is 0 Å². The van der Waals surface area contributed by atoms with Crippen molar-refractivity contribution in [3.63, 3.8) is 0 Å². The lowest BCUT2D eigenvalue weighted by molar-refractivity contribution is 0.0678. The minimum absolute atomic E-state index is 0.0991. The lowest BCUT2D eigenvalue weighted by Gasteiger charge is -2.25. The second kappa shape index (κ2) is 7.78. The van der Waals surface area contributed by atoms with E-state index < -0.39 is 6.10 Å². The molecular weight excluding hydrogens is 292 g/mol. The van der Waals surface area contributed by atoms with Crippen molar-refractivity contribution in [2.45, 2.75) is 39.3 Å². The van der Waals surface area contributed by atoms with Crippen molar-refractivity contribution in [2.75, 3.05) is 5.43 Å². The monoisotopic (exact) mass is 316 g/mol. The molecule has 124 valence electrons. The first-order valence-corrected chi connectivity index (χ1v) is 7.85. The number of aliphatic hydroxyl groups excluding tert-OH is 1. The van der Waals surface area contributed by atoms with Crippen molar-refractivity contribution in [1.82, 2.24) is 15.0 Å². The summed E-state index contributed by atoms with van der Waals surface area (Å²) in [5.74, 6) is -0.0762. The van der Waals surface area contributed by atoms with Crippen LogP contribution in [0.4, 0.5) is 5.69 Å². The van der Waals surface area contributed by atoms with Crippen LogP contribution in [-0.4, -0.2) is 32.8 Å². The Morgan fingerprint density at radius 1 is 1.30 bits per heavy atom. The van der Waals surface area contributed by atoms with Gasteiger partial charge in [0.25, 0.3) is 5.91 Å². The summed E-state index contributed by atoms with van der Waals surface area (Å²) < 4.78 is 1.72. The van der Waals surface area contributed by atoms with Gasteiger partial charge in [0.2, 0.25) is 0 Å². The van der Waals surface area contributed by atoms with Gasteiger partial charge in [-0.25, -0.2) is 4.98 Å². The summed E-state index contributed by atoms with van der Waals surface area (Å²) in [5.41, 5.74) is 4.54. The number of benzene rings is 1. The van der Waals surface area contributed by atoms with E-state index in [0.717, 1.165) is 5.69 Å². The van der Waals surface area contributed by atoms with Crippen molar-refractivity contribution in [3.05, 3.63) is 48.5 Å². The van der Waals surface area contributed by atoms with Gasteiger partial charge in [-0.05, 0) is 36.6 Å². The molecule has 0 saturated carbocycles. The SMILES string of the molecule is CCC(NC(=O)c1ccc(Nn2ccnc2)cc1)C(O)C(C)C. The lowest BCUT2D eigenvalue weighted by atomic mass is 9.97. The molecule has 0 radical (unpaired) electrons. The fourth-order valence-electron chi connectivity index (χ4n) is 2.32. The number of carbonyl (C=O) groups is 1. The van der Waals surface area contributed by atoms with E-state index in [1.54, 1.807) is 35.5 Å². The minimum atomic E-state index is -0.550. The fraction of sp³-hybridized carbons (Fsp3) is 0.412. The zero-order valence-corrected chi connectivity index (χ0v) is 13.7. The van der Waals surface area contributed by atoms with Crippen LogP contribution in [0, 0.1) is 5.92 Å². The van der Waals surface area contributed by atoms with E-state index in [0.29, 0.717) is 12.0 Å². The maximum absolute atomic E-state index is 12.3. The Morgan fingerprint density at radius 2 is 2.00 bits per heavy atom. The third kappa shape index (κ3) is 4.56. The first-order valence-electron chi connectivity index (χ1n) is 7.85. The van der Waals surface area contributed by atoms with Crippen LogP contribution in [-0.2, 0) is 0 Å². The number of nitrogens with zero attached hydrogens (tertiary/aromatic N) is 2. The number of hydrogen-bond donors (Lipinski definition) is 3. The molecule has 23 heavy (non-hydrogen) atoms. The normalized spacial score (nSPS) is 13.6. The summed E-state index contributed by atoms with van der Waals surface area (Å²) in [5, 5.41) is 13.0. The van der Waals surface area contributed by atoms with E-state index in [1.165, 1.54) is 0 Å². The van der Waals surface area contributed by atoms with Crippen LogP contribution in [0.2, 0.25) is 0 Å². The first kappa shape index (κ1) is 17.0. The van der Waals surface area contributed by atoms with E-state index >= 15 is 0 Å². The van der Waals surface area contributed by atoms with Crippen molar-refractivity contribution < 1.29 is 9.90 Å². The van der Waals surface area contributed by atoms with Crippen molar-refractivity contribution >= 4 is 11.6 Å². The van der Waals surface area contributed by atoms with Gasteiger partial charge in [-0.2, -0.15) is 0 Å². The van der Waals surface area contributed by atoms with E-state index in [-0.39, 0.29) is 17.9 Å². The average molecular weight is 316 g/mol. The van der Waals surface area contributed by atoms with Crippen LogP contribution in [0.5, 0.6) is 0 Å². The molecule has 1 aromatic heterocycles. The molecule has 0 bridgehead atoms. The third-order valence-corrected chi connectivity index (χ3v) is 3.76. The number of hydrogen-bond acceptors (Lipinski definition) is 4. The highest BCUT2D eigenvalue weighted by molar-refractivity contribution is 5.94. The second-order valence-corrected chi connectivity index (χ2v) is 5.88. The summed E-state index contributed by atoms with van der Waals surface area (Å²) in [7, 11) is 0. The molecule has 0 fully saturated rings. The Morgan fingerprint density at radius 3 is 2.52 bits per heavy atom. The molecule has 0 aliphatic carbocycles. The summed E-state index contributed by atoms with van der Waals surface area (Å²) in [6.45, 7) is 5.83.